The summed E-state index contributed by atoms with van der Waals surface area (Å²) in [6.07, 6.45) is 0.823. The van der Waals surface area contributed by atoms with Crippen LogP contribution in [0.5, 0.6) is 0 Å². The van der Waals surface area contributed by atoms with E-state index in [0.29, 0.717) is 11.5 Å². The van der Waals surface area contributed by atoms with Gasteiger partial charge in [-0.25, -0.2) is 8.42 Å². The lowest BCUT2D eigenvalue weighted by molar-refractivity contribution is 0.236. The Kier molecular flexibility index (Phi) is 3.12. The van der Waals surface area contributed by atoms with Crippen LogP contribution in [0.3, 0.4) is 0 Å². The molecule has 0 aromatic heterocycles. The van der Waals surface area contributed by atoms with E-state index in [2.05, 4.69) is 18.7 Å². The third kappa shape index (κ3) is 2.20. The Balaban J connectivity index is 2.56. The summed E-state index contributed by atoms with van der Waals surface area (Å²) in [6.45, 7) is 6.07. The molecule has 1 aliphatic rings. The molecule has 1 atom stereocenters. The first-order valence-electron chi connectivity index (χ1n) is 4.53. The van der Waals surface area contributed by atoms with E-state index in [0.717, 1.165) is 19.5 Å². The molecule has 0 saturated carbocycles. The third-order valence-electron chi connectivity index (χ3n) is 2.54. The van der Waals surface area contributed by atoms with E-state index in [1.54, 1.807) is 0 Å². The minimum atomic E-state index is -2.70. The van der Waals surface area contributed by atoms with Crippen molar-refractivity contribution in [3.8, 4) is 0 Å². The van der Waals surface area contributed by atoms with Crippen LogP contribution >= 0.6 is 0 Å². The SMILES string of the molecule is CCN(CC)[C@@H]1CCS(=O)(=O)C1. The lowest BCUT2D eigenvalue weighted by Gasteiger charge is -2.24. The van der Waals surface area contributed by atoms with Gasteiger partial charge in [-0.2, -0.15) is 0 Å². The molecule has 0 unspecified atom stereocenters. The average Bonchev–Trinajstić information content (AvgIpc) is 2.34. The van der Waals surface area contributed by atoms with E-state index in [1.807, 2.05) is 0 Å². The standard InChI is InChI=1S/C8H17NO2S/c1-3-9(4-2)8-5-6-12(10,11)7-8/h8H,3-7H2,1-2H3/t8-/m1/s1. The van der Waals surface area contributed by atoms with Crippen molar-refractivity contribution in [2.24, 2.45) is 0 Å². The molecule has 12 heavy (non-hydrogen) atoms. The molecule has 1 fully saturated rings. The van der Waals surface area contributed by atoms with Crippen molar-refractivity contribution >= 4 is 9.84 Å². The Hall–Kier alpha value is -0.0900. The summed E-state index contributed by atoms with van der Waals surface area (Å²) in [5.41, 5.74) is 0. The molecule has 0 spiro atoms. The van der Waals surface area contributed by atoms with Crippen LogP contribution in [0, 0.1) is 0 Å². The fourth-order valence-corrected chi connectivity index (χ4v) is 3.56. The Labute approximate surface area is 74.7 Å². The highest BCUT2D eigenvalue weighted by molar-refractivity contribution is 7.91. The van der Waals surface area contributed by atoms with Gasteiger partial charge >= 0.3 is 0 Å². The van der Waals surface area contributed by atoms with Crippen LogP contribution < -0.4 is 0 Å². The quantitative estimate of drug-likeness (QED) is 0.652. The van der Waals surface area contributed by atoms with Crippen molar-refractivity contribution in [1.82, 2.24) is 4.90 Å². The van der Waals surface area contributed by atoms with E-state index in [-0.39, 0.29) is 6.04 Å². The molecule has 0 aromatic rings. The number of sulfone groups is 1. The molecule has 1 saturated heterocycles. The van der Waals surface area contributed by atoms with Gasteiger partial charge in [0.15, 0.2) is 9.84 Å². The van der Waals surface area contributed by atoms with Crippen molar-refractivity contribution in [3.63, 3.8) is 0 Å². The van der Waals surface area contributed by atoms with Gasteiger partial charge in [-0.15, -0.1) is 0 Å². The monoisotopic (exact) mass is 191 g/mol. The Morgan fingerprint density at radius 1 is 1.33 bits per heavy atom. The zero-order valence-electron chi connectivity index (χ0n) is 7.78. The van der Waals surface area contributed by atoms with Gasteiger partial charge in [-0.3, -0.25) is 4.90 Å². The first-order valence-corrected chi connectivity index (χ1v) is 6.35. The summed E-state index contributed by atoms with van der Waals surface area (Å²) in [5, 5.41) is 0. The maximum Gasteiger partial charge on any atom is 0.151 e. The second-order valence-electron chi connectivity index (χ2n) is 3.28. The van der Waals surface area contributed by atoms with Gasteiger partial charge < -0.3 is 0 Å². The van der Waals surface area contributed by atoms with Gasteiger partial charge in [-0.05, 0) is 19.5 Å². The number of nitrogens with zero attached hydrogens (tertiary/aromatic N) is 1. The van der Waals surface area contributed by atoms with Crippen LogP contribution in [-0.2, 0) is 9.84 Å². The zero-order valence-corrected chi connectivity index (χ0v) is 8.60. The average molecular weight is 191 g/mol. The molecular formula is C8H17NO2S. The minimum absolute atomic E-state index is 0.282. The fraction of sp³-hybridized carbons (Fsp3) is 1.00. The van der Waals surface area contributed by atoms with Crippen LogP contribution in [0.25, 0.3) is 0 Å². The number of hydrogen-bond acceptors (Lipinski definition) is 3. The molecule has 72 valence electrons. The highest BCUT2D eigenvalue weighted by Crippen LogP contribution is 2.16. The molecule has 1 rings (SSSR count). The number of rotatable bonds is 3. The second kappa shape index (κ2) is 3.75. The normalized spacial score (nSPS) is 28.1. The summed E-state index contributed by atoms with van der Waals surface area (Å²) in [6, 6.07) is 0.282. The molecule has 1 aliphatic heterocycles. The molecule has 3 nitrogen and oxygen atoms in total. The largest absolute Gasteiger partial charge is 0.300 e. The molecule has 0 amide bonds. The van der Waals surface area contributed by atoms with Gasteiger partial charge in [0.05, 0.1) is 11.5 Å². The van der Waals surface area contributed by atoms with Crippen molar-refractivity contribution in [2.45, 2.75) is 26.3 Å². The minimum Gasteiger partial charge on any atom is -0.300 e. The molecule has 0 aromatic carbocycles. The third-order valence-corrected chi connectivity index (χ3v) is 4.29. The zero-order chi connectivity index (χ0) is 9.19. The second-order valence-corrected chi connectivity index (χ2v) is 5.51. The van der Waals surface area contributed by atoms with E-state index in [4.69, 9.17) is 0 Å². The molecule has 4 heteroatoms. The Morgan fingerprint density at radius 3 is 2.25 bits per heavy atom. The predicted octanol–water partition coefficient (Wildman–Crippen LogP) is 0.515. The van der Waals surface area contributed by atoms with E-state index in [9.17, 15) is 8.42 Å². The first-order chi connectivity index (χ1) is 5.59. The molecule has 0 N–H and O–H groups in total. The van der Waals surface area contributed by atoms with Crippen molar-refractivity contribution in [2.75, 3.05) is 24.6 Å². The van der Waals surface area contributed by atoms with Crippen molar-refractivity contribution in [1.29, 1.82) is 0 Å². The lowest BCUT2D eigenvalue weighted by Crippen LogP contribution is -2.35. The van der Waals surface area contributed by atoms with Gasteiger partial charge in [0.1, 0.15) is 0 Å². The van der Waals surface area contributed by atoms with Crippen LogP contribution in [0.4, 0.5) is 0 Å². The molecule has 1 heterocycles. The van der Waals surface area contributed by atoms with Crippen LogP contribution in [0.2, 0.25) is 0 Å². The van der Waals surface area contributed by atoms with Gasteiger partial charge in [0.2, 0.25) is 0 Å². The summed E-state index contributed by atoms with van der Waals surface area (Å²) in [4.78, 5) is 2.23. The maximum absolute atomic E-state index is 11.2. The van der Waals surface area contributed by atoms with Crippen molar-refractivity contribution < 1.29 is 8.42 Å². The molecule has 0 radical (unpaired) electrons. The summed E-state index contributed by atoms with van der Waals surface area (Å²) in [5.74, 6) is 0.753. The van der Waals surface area contributed by atoms with E-state index in [1.165, 1.54) is 0 Å². The van der Waals surface area contributed by atoms with Gasteiger partial charge in [0, 0.05) is 6.04 Å². The maximum atomic E-state index is 11.2. The number of hydrogen-bond donors (Lipinski definition) is 0. The van der Waals surface area contributed by atoms with Crippen LogP contribution in [-0.4, -0.2) is 44.0 Å². The van der Waals surface area contributed by atoms with Crippen LogP contribution in [0.15, 0.2) is 0 Å². The summed E-state index contributed by atoms with van der Waals surface area (Å²) < 4.78 is 22.3. The molecule has 0 aliphatic carbocycles. The van der Waals surface area contributed by atoms with Crippen molar-refractivity contribution in [3.05, 3.63) is 0 Å². The fourth-order valence-electron chi connectivity index (χ4n) is 1.80. The van der Waals surface area contributed by atoms with Gasteiger partial charge in [0.25, 0.3) is 0 Å². The van der Waals surface area contributed by atoms with Crippen LogP contribution in [0.1, 0.15) is 20.3 Å². The Bertz CT molecular complexity index is 231. The highest BCUT2D eigenvalue weighted by Gasteiger charge is 2.30. The highest BCUT2D eigenvalue weighted by atomic mass is 32.2. The first kappa shape index (κ1) is 9.99. The Morgan fingerprint density at radius 2 is 1.92 bits per heavy atom. The predicted molar refractivity (Wildman–Crippen MR) is 50.0 cm³/mol. The topological polar surface area (TPSA) is 37.4 Å². The smallest absolute Gasteiger partial charge is 0.151 e. The molecule has 0 bridgehead atoms. The lowest BCUT2D eigenvalue weighted by atomic mass is 10.2. The van der Waals surface area contributed by atoms with E-state index >= 15 is 0 Å². The summed E-state index contributed by atoms with van der Waals surface area (Å²) in [7, 11) is -2.70. The summed E-state index contributed by atoms with van der Waals surface area (Å²) >= 11 is 0. The van der Waals surface area contributed by atoms with E-state index < -0.39 is 9.84 Å². The van der Waals surface area contributed by atoms with Gasteiger partial charge in [-0.1, -0.05) is 13.8 Å². The molecular weight excluding hydrogens is 174 g/mol.